The zero-order valence-electron chi connectivity index (χ0n) is 12.2. The third kappa shape index (κ3) is 5.25. The number of amides is 2. The molecule has 0 atom stereocenters. The van der Waals surface area contributed by atoms with Gasteiger partial charge in [-0.05, 0) is 24.3 Å². The maximum Gasteiger partial charge on any atom is 0.243 e. The van der Waals surface area contributed by atoms with Crippen LogP contribution in [-0.2, 0) is 9.59 Å². The van der Waals surface area contributed by atoms with Gasteiger partial charge in [0.05, 0.1) is 12.3 Å². The lowest BCUT2D eigenvalue weighted by molar-refractivity contribution is -0.131. The molecule has 23 heavy (non-hydrogen) atoms. The Kier molecular flexibility index (Phi) is 5.52. The van der Waals surface area contributed by atoms with Crippen LogP contribution in [0.4, 0.5) is 16.0 Å². The number of aromatic nitrogens is 3. The van der Waals surface area contributed by atoms with Crippen molar-refractivity contribution in [1.29, 1.82) is 0 Å². The Bertz CT molecular complexity index is 690. The number of nitrogens with one attached hydrogen (secondary N) is 2. The Balaban J connectivity index is 1.78. The Labute approximate surface area is 135 Å². The summed E-state index contributed by atoms with van der Waals surface area (Å²) in [5, 5.41) is 9.20. The zero-order chi connectivity index (χ0) is 16.8. The minimum Gasteiger partial charge on any atom is -0.368 e. The number of nitrogens with zero attached hydrogens (tertiary/aromatic N) is 3. The molecule has 4 N–H and O–H groups in total. The van der Waals surface area contributed by atoms with Gasteiger partial charge in [-0.3, -0.25) is 9.59 Å². The lowest BCUT2D eigenvalue weighted by atomic mass is 10.3. The molecular weight excluding hydrogens is 323 g/mol. The zero-order valence-corrected chi connectivity index (χ0v) is 13.1. The Morgan fingerprint density at radius 2 is 2.09 bits per heavy atom. The number of rotatable bonds is 6. The quantitative estimate of drug-likeness (QED) is 0.668. The molecule has 8 nitrogen and oxygen atoms in total. The molecule has 0 saturated carbocycles. The van der Waals surface area contributed by atoms with Crippen molar-refractivity contribution in [2.45, 2.75) is 5.16 Å². The number of nitrogen functional groups attached to an aromatic ring is 1. The molecule has 0 bridgehead atoms. The molecule has 10 heteroatoms. The first-order chi connectivity index (χ1) is 10.9. The molecule has 2 amide bonds. The second-order valence-electron chi connectivity index (χ2n) is 4.60. The summed E-state index contributed by atoms with van der Waals surface area (Å²) in [5.74, 6) is -0.767. The number of likely N-dealkylation sites (N-methyl/N-ethyl adjacent to an activating group) is 1. The Morgan fingerprint density at radius 3 is 2.70 bits per heavy atom. The lowest BCUT2D eigenvalue weighted by Gasteiger charge is -2.16. The summed E-state index contributed by atoms with van der Waals surface area (Å²) in [7, 11) is 1.51. The predicted octanol–water partition coefficient (Wildman–Crippen LogP) is 0.715. The maximum absolute atomic E-state index is 12.8. The number of anilines is 2. The second kappa shape index (κ2) is 7.58. The summed E-state index contributed by atoms with van der Waals surface area (Å²) in [5.41, 5.74) is 5.84. The summed E-state index contributed by atoms with van der Waals surface area (Å²) in [4.78, 5) is 28.9. The first kappa shape index (κ1) is 16.7. The Hall–Kier alpha value is -2.62. The van der Waals surface area contributed by atoms with Gasteiger partial charge in [0.15, 0.2) is 0 Å². The lowest BCUT2D eigenvalue weighted by Crippen LogP contribution is -2.35. The van der Waals surface area contributed by atoms with Crippen LogP contribution >= 0.6 is 11.8 Å². The number of halogens is 1. The summed E-state index contributed by atoms with van der Waals surface area (Å²) in [6, 6.07) is 5.37. The van der Waals surface area contributed by atoms with E-state index in [1.165, 1.54) is 36.2 Å². The number of benzene rings is 1. The van der Waals surface area contributed by atoms with Crippen LogP contribution in [0.15, 0.2) is 29.4 Å². The molecule has 0 saturated heterocycles. The van der Waals surface area contributed by atoms with Gasteiger partial charge in [0.25, 0.3) is 0 Å². The van der Waals surface area contributed by atoms with Crippen molar-refractivity contribution >= 4 is 35.2 Å². The van der Waals surface area contributed by atoms with Crippen LogP contribution in [0.1, 0.15) is 0 Å². The summed E-state index contributed by atoms with van der Waals surface area (Å²) in [6.07, 6.45) is 0. The maximum atomic E-state index is 12.8. The van der Waals surface area contributed by atoms with E-state index in [9.17, 15) is 14.0 Å². The van der Waals surface area contributed by atoms with Crippen molar-refractivity contribution in [1.82, 2.24) is 20.1 Å². The van der Waals surface area contributed by atoms with Crippen LogP contribution in [-0.4, -0.2) is 51.2 Å². The minimum absolute atomic E-state index is 0.0810. The van der Waals surface area contributed by atoms with Crippen LogP contribution in [0.3, 0.4) is 0 Å². The first-order valence-corrected chi connectivity index (χ1v) is 7.52. The van der Waals surface area contributed by atoms with Crippen molar-refractivity contribution in [2.24, 2.45) is 0 Å². The second-order valence-corrected chi connectivity index (χ2v) is 5.54. The van der Waals surface area contributed by atoms with Crippen molar-refractivity contribution in [2.75, 3.05) is 30.4 Å². The van der Waals surface area contributed by atoms with E-state index in [1.54, 1.807) is 0 Å². The SMILES string of the molecule is CN(CC(=O)Nc1ccc(F)cc1)C(=O)CSc1n[nH]c(N)n1. The van der Waals surface area contributed by atoms with Crippen molar-refractivity contribution < 1.29 is 14.0 Å². The van der Waals surface area contributed by atoms with E-state index < -0.39 is 0 Å². The molecule has 0 unspecified atom stereocenters. The molecular formula is C13H15FN6O2S. The molecule has 2 aromatic rings. The number of thioether (sulfide) groups is 1. The highest BCUT2D eigenvalue weighted by molar-refractivity contribution is 7.99. The number of nitrogens with two attached hydrogens (primary N) is 1. The van der Waals surface area contributed by atoms with Gasteiger partial charge >= 0.3 is 0 Å². The number of hydrogen-bond acceptors (Lipinski definition) is 6. The number of H-pyrrole nitrogens is 1. The van der Waals surface area contributed by atoms with Crippen molar-refractivity contribution in [3.63, 3.8) is 0 Å². The molecule has 1 heterocycles. The molecule has 0 aliphatic carbocycles. The minimum atomic E-state index is -0.389. The highest BCUT2D eigenvalue weighted by atomic mass is 32.2. The van der Waals surface area contributed by atoms with Crippen molar-refractivity contribution in [3.05, 3.63) is 30.1 Å². The molecule has 0 fully saturated rings. The smallest absolute Gasteiger partial charge is 0.243 e. The van der Waals surface area contributed by atoms with Crippen LogP contribution in [0.25, 0.3) is 0 Å². The van der Waals surface area contributed by atoms with Crippen molar-refractivity contribution in [3.8, 4) is 0 Å². The van der Waals surface area contributed by atoms with Gasteiger partial charge in [-0.2, -0.15) is 4.98 Å². The number of carbonyl (C=O) groups is 2. The number of hydrogen-bond donors (Lipinski definition) is 3. The molecule has 0 aliphatic heterocycles. The Morgan fingerprint density at radius 1 is 1.39 bits per heavy atom. The third-order valence-electron chi connectivity index (χ3n) is 2.74. The fraction of sp³-hybridized carbons (Fsp3) is 0.231. The topological polar surface area (TPSA) is 117 Å². The fourth-order valence-electron chi connectivity index (χ4n) is 1.60. The van der Waals surface area contributed by atoms with E-state index in [0.29, 0.717) is 10.8 Å². The standard InChI is InChI=1S/C13H15FN6O2S/c1-20(11(22)7-23-13-17-12(15)18-19-13)6-10(21)16-9-4-2-8(14)3-5-9/h2-5H,6-7H2,1H3,(H,16,21)(H3,15,17,18,19). The number of carbonyl (C=O) groups excluding carboxylic acids is 2. The van der Waals surface area contributed by atoms with Crippen LogP contribution < -0.4 is 11.1 Å². The molecule has 1 aromatic heterocycles. The number of aromatic amines is 1. The van der Waals surface area contributed by atoms with Gasteiger partial charge in [-0.25, -0.2) is 9.49 Å². The molecule has 2 rings (SSSR count). The van der Waals surface area contributed by atoms with E-state index in [2.05, 4.69) is 20.5 Å². The summed E-state index contributed by atoms with van der Waals surface area (Å²) in [6.45, 7) is -0.118. The monoisotopic (exact) mass is 338 g/mol. The molecule has 0 radical (unpaired) electrons. The van der Waals surface area contributed by atoms with Gasteiger partial charge in [0, 0.05) is 12.7 Å². The third-order valence-corrected chi connectivity index (χ3v) is 3.57. The van der Waals surface area contributed by atoms with Gasteiger partial charge in [0.1, 0.15) is 5.82 Å². The molecule has 0 spiro atoms. The van der Waals surface area contributed by atoms with E-state index in [1.807, 2.05) is 0 Å². The van der Waals surface area contributed by atoms with Crippen LogP contribution in [0, 0.1) is 5.82 Å². The average molecular weight is 338 g/mol. The van der Waals surface area contributed by atoms with E-state index in [0.717, 1.165) is 11.8 Å². The van der Waals surface area contributed by atoms with Gasteiger partial charge < -0.3 is 16.0 Å². The first-order valence-electron chi connectivity index (χ1n) is 6.54. The van der Waals surface area contributed by atoms with Gasteiger partial charge in [-0.15, -0.1) is 5.10 Å². The van der Waals surface area contributed by atoms with E-state index >= 15 is 0 Å². The van der Waals surface area contributed by atoms with Gasteiger partial charge in [0.2, 0.25) is 22.9 Å². The largest absolute Gasteiger partial charge is 0.368 e. The summed E-state index contributed by atoms with van der Waals surface area (Å²) < 4.78 is 12.8. The molecule has 0 aliphatic rings. The van der Waals surface area contributed by atoms with Gasteiger partial charge in [-0.1, -0.05) is 11.8 Å². The normalized spacial score (nSPS) is 10.3. The highest BCUT2D eigenvalue weighted by Crippen LogP contribution is 2.13. The fourth-order valence-corrected chi connectivity index (χ4v) is 2.34. The molecule has 122 valence electrons. The molecule has 1 aromatic carbocycles. The van der Waals surface area contributed by atoms with E-state index in [4.69, 9.17) is 5.73 Å². The van der Waals surface area contributed by atoms with Crippen LogP contribution in [0.5, 0.6) is 0 Å². The summed E-state index contributed by atoms with van der Waals surface area (Å²) >= 11 is 1.11. The highest BCUT2D eigenvalue weighted by Gasteiger charge is 2.14. The average Bonchev–Trinajstić information content (AvgIpc) is 2.92. The van der Waals surface area contributed by atoms with E-state index in [-0.39, 0.29) is 35.9 Å². The predicted molar refractivity (Wildman–Crippen MR) is 84.2 cm³/mol. The van der Waals surface area contributed by atoms with Crippen LogP contribution in [0.2, 0.25) is 0 Å².